The van der Waals surface area contributed by atoms with Gasteiger partial charge in [-0.2, -0.15) is 0 Å². The molecule has 0 aromatic heterocycles. The van der Waals surface area contributed by atoms with Gasteiger partial charge < -0.3 is 26.2 Å². The van der Waals surface area contributed by atoms with Gasteiger partial charge in [-0.15, -0.1) is 0 Å². The van der Waals surface area contributed by atoms with Crippen LogP contribution < -0.4 is 21.4 Å². The van der Waals surface area contributed by atoms with Gasteiger partial charge >= 0.3 is 0 Å². The lowest BCUT2D eigenvalue weighted by molar-refractivity contribution is -0.133. The fraction of sp³-hybridized carbons (Fsp3) is 0.261. The Kier molecular flexibility index (Phi) is 10.0. The predicted molar refractivity (Wildman–Crippen MR) is 120 cm³/mol. The van der Waals surface area contributed by atoms with Gasteiger partial charge in [0, 0.05) is 28.9 Å². The molecule has 7 N–H and O–H groups in total. The molecular formula is C23H26N4O6. The Balaban J connectivity index is 1.96. The lowest BCUT2D eigenvalue weighted by Crippen LogP contribution is -2.51. The quantitative estimate of drug-likeness (QED) is 0.117. The summed E-state index contributed by atoms with van der Waals surface area (Å²) in [4.78, 5) is 35.6. The Morgan fingerprint density at radius 2 is 1.55 bits per heavy atom. The highest BCUT2D eigenvalue weighted by Gasteiger charge is 2.25. The summed E-state index contributed by atoms with van der Waals surface area (Å²) in [6.45, 7) is 1.72. The van der Waals surface area contributed by atoms with Crippen molar-refractivity contribution in [3.05, 3.63) is 65.2 Å². The maximum atomic E-state index is 12.3. The van der Waals surface area contributed by atoms with Crippen molar-refractivity contribution >= 4 is 23.4 Å². The van der Waals surface area contributed by atoms with Crippen LogP contribution in [0.3, 0.4) is 0 Å². The molecule has 0 heterocycles. The highest BCUT2D eigenvalue weighted by molar-refractivity contribution is 5.97. The van der Waals surface area contributed by atoms with Gasteiger partial charge in [-0.05, 0) is 55.5 Å². The normalized spacial score (nSPS) is 12.0. The Labute approximate surface area is 191 Å². The van der Waals surface area contributed by atoms with Crippen molar-refractivity contribution < 1.29 is 29.8 Å². The lowest BCUT2D eigenvalue weighted by Gasteiger charge is -2.19. The number of hydroxylamine groups is 1. The largest absolute Gasteiger partial charge is 0.395 e. The molecule has 2 aromatic carbocycles. The molecule has 0 saturated heterocycles. The number of anilines is 1. The molecule has 2 atom stereocenters. The average molecular weight is 454 g/mol. The molecule has 0 bridgehead atoms. The second-order valence-electron chi connectivity index (χ2n) is 7.02. The highest BCUT2D eigenvalue weighted by atomic mass is 16.5. The fourth-order valence-electron chi connectivity index (χ4n) is 2.67. The van der Waals surface area contributed by atoms with E-state index in [9.17, 15) is 19.5 Å². The first kappa shape index (κ1) is 25.5. The van der Waals surface area contributed by atoms with Crippen LogP contribution in [0.15, 0.2) is 48.5 Å². The first-order valence-electron chi connectivity index (χ1n) is 10.1. The second-order valence-corrected chi connectivity index (χ2v) is 7.02. The minimum absolute atomic E-state index is 0.0383. The summed E-state index contributed by atoms with van der Waals surface area (Å²) in [6, 6.07) is 12.0. The van der Waals surface area contributed by atoms with E-state index >= 15 is 0 Å². The molecule has 33 heavy (non-hydrogen) atoms. The fourth-order valence-corrected chi connectivity index (χ4v) is 2.67. The van der Waals surface area contributed by atoms with E-state index in [-0.39, 0.29) is 24.6 Å². The zero-order valence-electron chi connectivity index (χ0n) is 18.0. The molecule has 0 unspecified atom stereocenters. The third-order valence-corrected chi connectivity index (χ3v) is 4.40. The molecule has 2 rings (SSSR count). The van der Waals surface area contributed by atoms with Crippen LogP contribution in [0.4, 0.5) is 5.69 Å². The summed E-state index contributed by atoms with van der Waals surface area (Å²) in [7, 11) is 0. The molecule has 0 fully saturated rings. The van der Waals surface area contributed by atoms with Crippen molar-refractivity contribution in [2.45, 2.75) is 19.1 Å². The van der Waals surface area contributed by atoms with Crippen LogP contribution in [0.2, 0.25) is 0 Å². The zero-order chi connectivity index (χ0) is 24.2. The number of hydrogen-bond acceptors (Lipinski definition) is 7. The number of carbonyl (C=O) groups is 3. The van der Waals surface area contributed by atoms with Gasteiger partial charge in [-0.3, -0.25) is 19.6 Å². The third kappa shape index (κ3) is 8.36. The number of aliphatic hydroxyl groups excluding tert-OH is 2. The number of aliphatic hydroxyl groups is 2. The van der Waals surface area contributed by atoms with Crippen LogP contribution in [-0.2, 0) is 9.59 Å². The standard InChI is InChI=1S/C23H26N4O6/c1-15(29)21(23(32)27-33)26-22(31)18-8-4-16(5-9-18)2-3-17-6-10-19(11-7-17)25-20(30)14-24-12-13-28/h4-11,15,21,24,28-29,33H,12-14H2,1H3,(H,25,30)(H,26,31)(H,27,32)/t15-,21+/m1/s1. The maximum absolute atomic E-state index is 12.3. The van der Waals surface area contributed by atoms with E-state index < -0.39 is 24.0 Å². The van der Waals surface area contributed by atoms with Crippen LogP contribution in [0.25, 0.3) is 0 Å². The van der Waals surface area contributed by atoms with E-state index in [4.69, 9.17) is 10.3 Å². The number of hydrogen-bond donors (Lipinski definition) is 7. The number of benzene rings is 2. The van der Waals surface area contributed by atoms with Crippen molar-refractivity contribution in [2.75, 3.05) is 25.0 Å². The van der Waals surface area contributed by atoms with E-state index in [1.54, 1.807) is 36.4 Å². The van der Waals surface area contributed by atoms with Gasteiger partial charge in [-0.1, -0.05) is 11.8 Å². The number of nitrogens with one attached hydrogen (secondary N) is 4. The van der Waals surface area contributed by atoms with Crippen molar-refractivity contribution in [2.24, 2.45) is 0 Å². The highest BCUT2D eigenvalue weighted by Crippen LogP contribution is 2.09. The molecule has 3 amide bonds. The summed E-state index contributed by atoms with van der Waals surface area (Å²) in [5.74, 6) is 4.22. The van der Waals surface area contributed by atoms with Gasteiger partial charge in [0.2, 0.25) is 5.91 Å². The van der Waals surface area contributed by atoms with Crippen LogP contribution in [0.1, 0.15) is 28.4 Å². The summed E-state index contributed by atoms with van der Waals surface area (Å²) >= 11 is 0. The van der Waals surface area contributed by atoms with Crippen LogP contribution in [0.5, 0.6) is 0 Å². The predicted octanol–water partition coefficient (Wildman–Crippen LogP) is -0.409. The molecule has 2 aromatic rings. The molecule has 0 aliphatic rings. The minimum atomic E-state index is -1.30. The van der Waals surface area contributed by atoms with Gasteiger partial charge in [0.25, 0.3) is 11.8 Å². The summed E-state index contributed by atoms with van der Waals surface area (Å²) in [6.07, 6.45) is -1.20. The summed E-state index contributed by atoms with van der Waals surface area (Å²) in [5.41, 5.74) is 3.66. The molecule has 0 spiro atoms. The molecule has 0 radical (unpaired) electrons. The van der Waals surface area contributed by atoms with Crippen LogP contribution in [-0.4, -0.2) is 65.0 Å². The SMILES string of the molecule is C[C@@H](O)[C@H](NC(=O)c1ccc(C#Cc2ccc(NC(=O)CNCCO)cc2)cc1)C(=O)NO. The van der Waals surface area contributed by atoms with Crippen molar-refractivity contribution in [1.29, 1.82) is 0 Å². The Bertz CT molecular complexity index is 1010. The van der Waals surface area contributed by atoms with E-state index in [1.807, 2.05) is 0 Å². The van der Waals surface area contributed by atoms with Crippen LogP contribution in [0, 0.1) is 11.8 Å². The first-order chi connectivity index (χ1) is 15.8. The molecule has 174 valence electrons. The third-order valence-electron chi connectivity index (χ3n) is 4.40. The molecule has 10 nitrogen and oxygen atoms in total. The van der Waals surface area contributed by atoms with Gasteiger partial charge in [-0.25, -0.2) is 5.48 Å². The second kappa shape index (κ2) is 12.9. The van der Waals surface area contributed by atoms with E-state index in [2.05, 4.69) is 27.8 Å². The molecule has 0 aliphatic carbocycles. The van der Waals surface area contributed by atoms with Gasteiger partial charge in [0.1, 0.15) is 6.04 Å². The lowest BCUT2D eigenvalue weighted by atomic mass is 10.1. The van der Waals surface area contributed by atoms with Crippen molar-refractivity contribution in [1.82, 2.24) is 16.1 Å². The Hall–Kier alpha value is -3.75. The number of rotatable bonds is 9. The zero-order valence-corrected chi connectivity index (χ0v) is 18.0. The summed E-state index contributed by atoms with van der Waals surface area (Å²) in [5, 5.41) is 34.9. The monoisotopic (exact) mass is 454 g/mol. The molecule has 0 saturated carbocycles. The smallest absolute Gasteiger partial charge is 0.268 e. The first-order valence-corrected chi connectivity index (χ1v) is 10.1. The average Bonchev–Trinajstić information content (AvgIpc) is 2.81. The molecule has 0 aliphatic heterocycles. The van der Waals surface area contributed by atoms with E-state index in [0.717, 1.165) is 5.56 Å². The number of carbonyl (C=O) groups excluding carboxylic acids is 3. The van der Waals surface area contributed by atoms with Gasteiger partial charge in [0.15, 0.2) is 0 Å². The van der Waals surface area contributed by atoms with Crippen LogP contribution >= 0.6 is 0 Å². The Morgan fingerprint density at radius 1 is 0.970 bits per heavy atom. The molecule has 10 heteroatoms. The maximum Gasteiger partial charge on any atom is 0.268 e. The molecular weight excluding hydrogens is 428 g/mol. The minimum Gasteiger partial charge on any atom is -0.395 e. The van der Waals surface area contributed by atoms with E-state index in [1.165, 1.54) is 24.5 Å². The van der Waals surface area contributed by atoms with Crippen molar-refractivity contribution in [3.8, 4) is 11.8 Å². The van der Waals surface area contributed by atoms with Crippen molar-refractivity contribution in [3.63, 3.8) is 0 Å². The summed E-state index contributed by atoms with van der Waals surface area (Å²) < 4.78 is 0. The van der Waals surface area contributed by atoms with Gasteiger partial charge in [0.05, 0.1) is 19.3 Å². The van der Waals surface area contributed by atoms with E-state index in [0.29, 0.717) is 17.8 Å². The Morgan fingerprint density at radius 3 is 2.06 bits per heavy atom. The number of amides is 3. The topological polar surface area (TPSA) is 160 Å².